The number of hydrogen-bond acceptors (Lipinski definition) is 3. The summed E-state index contributed by atoms with van der Waals surface area (Å²) in [6.45, 7) is 6.51. The van der Waals surface area contributed by atoms with E-state index in [-0.39, 0.29) is 6.09 Å². The predicted molar refractivity (Wildman–Crippen MR) is 59.9 cm³/mol. The molecule has 1 amide bonds. The first-order valence-corrected chi connectivity index (χ1v) is 5.96. The summed E-state index contributed by atoms with van der Waals surface area (Å²) in [6, 6.07) is 0. The Hall–Kier alpha value is -0.770. The first kappa shape index (κ1) is 12.3. The maximum Gasteiger partial charge on any atom is 0.407 e. The van der Waals surface area contributed by atoms with Crippen LogP contribution >= 0.6 is 0 Å². The standard InChI is InChI=1S/C11H22N2O2/c1-2-15-11(14)12-7-6-10-13-8-4-3-5-9-13/h2-10H2,1H3,(H,12,14). The third-order valence-electron chi connectivity index (χ3n) is 2.64. The van der Waals surface area contributed by atoms with Crippen LogP contribution in [0, 0.1) is 0 Å². The Morgan fingerprint density at radius 1 is 1.33 bits per heavy atom. The minimum atomic E-state index is -0.295. The minimum Gasteiger partial charge on any atom is -0.450 e. The van der Waals surface area contributed by atoms with E-state index in [9.17, 15) is 4.79 Å². The lowest BCUT2D eigenvalue weighted by molar-refractivity contribution is 0.151. The van der Waals surface area contributed by atoms with Crippen LogP contribution in [-0.4, -0.2) is 43.8 Å². The van der Waals surface area contributed by atoms with E-state index in [1.165, 1.54) is 32.4 Å². The topological polar surface area (TPSA) is 41.6 Å². The molecule has 1 rings (SSSR count). The molecule has 0 bridgehead atoms. The van der Waals surface area contributed by atoms with Crippen LogP contribution < -0.4 is 5.32 Å². The summed E-state index contributed by atoms with van der Waals surface area (Å²) in [4.78, 5) is 13.4. The van der Waals surface area contributed by atoms with Gasteiger partial charge in [-0.1, -0.05) is 6.42 Å². The first-order chi connectivity index (χ1) is 7.33. The van der Waals surface area contributed by atoms with E-state index in [1.54, 1.807) is 0 Å². The fraction of sp³-hybridized carbons (Fsp3) is 0.909. The van der Waals surface area contributed by atoms with Crippen molar-refractivity contribution in [1.82, 2.24) is 10.2 Å². The molecular formula is C11H22N2O2. The summed E-state index contributed by atoms with van der Waals surface area (Å²) in [7, 11) is 0. The van der Waals surface area contributed by atoms with E-state index in [4.69, 9.17) is 4.74 Å². The van der Waals surface area contributed by atoms with Gasteiger partial charge in [0.1, 0.15) is 0 Å². The van der Waals surface area contributed by atoms with E-state index in [2.05, 4.69) is 10.2 Å². The van der Waals surface area contributed by atoms with Gasteiger partial charge in [0.05, 0.1) is 6.61 Å². The van der Waals surface area contributed by atoms with Gasteiger partial charge in [-0.2, -0.15) is 0 Å². The molecule has 0 radical (unpaired) electrons. The molecule has 1 aliphatic rings. The van der Waals surface area contributed by atoms with Crippen molar-refractivity contribution in [2.45, 2.75) is 32.6 Å². The molecule has 0 aromatic rings. The van der Waals surface area contributed by atoms with Crippen molar-refractivity contribution in [3.8, 4) is 0 Å². The van der Waals surface area contributed by atoms with E-state index < -0.39 is 0 Å². The molecular weight excluding hydrogens is 192 g/mol. The van der Waals surface area contributed by atoms with Crippen molar-refractivity contribution in [2.24, 2.45) is 0 Å². The molecule has 88 valence electrons. The van der Waals surface area contributed by atoms with Crippen molar-refractivity contribution in [1.29, 1.82) is 0 Å². The summed E-state index contributed by atoms with van der Waals surface area (Å²) in [5, 5.41) is 2.74. The van der Waals surface area contributed by atoms with Gasteiger partial charge in [-0.15, -0.1) is 0 Å². The highest BCUT2D eigenvalue weighted by atomic mass is 16.5. The fourth-order valence-corrected chi connectivity index (χ4v) is 1.86. The highest BCUT2D eigenvalue weighted by Gasteiger charge is 2.09. The summed E-state index contributed by atoms with van der Waals surface area (Å²) < 4.78 is 4.77. The molecule has 0 atom stereocenters. The average Bonchev–Trinajstić information content (AvgIpc) is 2.26. The Labute approximate surface area is 92.0 Å². The van der Waals surface area contributed by atoms with Crippen LogP contribution in [0.5, 0.6) is 0 Å². The normalized spacial score (nSPS) is 17.4. The largest absolute Gasteiger partial charge is 0.450 e. The molecule has 1 heterocycles. The van der Waals surface area contributed by atoms with E-state index in [1.807, 2.05) is 6.92 Å². The van der Waals surface area contributed by atoms with Crippen LogP contribution in [-0.2, 0) is 4.74 Å². The van der Waals surface area contributed by atoms with Gasteiger partial charge in [0.2, 0.25) is 0 Å². The van der Waals surface area contributed by atoms with Gasteiger partial charge >= 0.3 is 6.09 Å². The van der Waals surface area contributed by atoms with Crippen molar-refractivity contribution in [3.63, 3.8) is 0 Å². The number of hydrogen-bond donors (Lipinski definition) is 1. The summed E-state index contributed by atoms with van der Waals surface area (Å²) in [5.41, 5.74) is 0. The highest BCUT2D eigenvalue weighted by Crippen LogP contribution is 2.08. The SMILES string of the molecule is CCOC(=O)NCCCN1CCCCC1. The smallest absolute Gasteiger partial charge is 0.407 e. The molecule has 1 N–H and O–H groups in total. The number of carbonyl (C=O) groups is 1. The summed E-state index contributed by atoms with van der Waals surface area (Å²) in [6.07, 6.45) is 4.74. The molecule has 4 nitrogen and oxygen atoms in total. The second-order valence-electron chi connectivity index (χ2n) is 3.90. The monoisotopic (exact) mass is 214 g/mol. The Morgan fingerprint density at radius 2 is 2.07 bits per heavy atom. The van der Waals surface area contributed by atoms with Gasteiger partial charge in [0.25, 0.3) is 0 Å². The number of ether oxygens (including phenoxy) is 1. The van der Waals surface area contributed by atoms with Crippen molar-refractivity contribution >= 4 is 6.09 Å². The zero-order valence-electron chi connectivity index (χ0n) is 9.63. The number of amides is 1. The van der Waals surface area contributed by atoms with Crippen molar-refractivity contribution in [3.05, 3.63) is 0 Å². The third-order valence-corrected chi connectivity index (χ3v) is 2.64. The summed E-state index contributed by atoms with van der Waals surface area (Å²) >= 11 is 0. The quantitative estimate of drug-likeness (QED) is 0.707. The molecule has 1 aliphatic heterocycles. The lowest BCUT2D eigenvalue weighted by Crippen LogP contribution is -2.33. The van der Waals surface area contributed by atoms with Crippen LogP contribution in [0.2, 0.25) is 0 Å². The third kappa shape index (κ3) is 5.62. The number of rotatable bonds is 5. The fourth-order valence-electron chi connectivity index (χ4n) is 1.86. The number of alkyl carbamates (subject to hydrolysis) is 1. The predicted octanol–water partition coefficient (Wildman–Crippen LogP) is 1.61. The summed E-state index contributed by atoms with van der Waals surface area (Å²) in [5.74, 6) is 0. The Morgan fingerprint density at radius 3 is 2.73 bits per heavy atom. The number of likely N-dealkylation sites (tertiary alicyclic amines) is 1. The molecule has 0 spiro atoms. The molecule has 4 heteroatoms. The molecule has 15 heavy (non-hydrogen) atoms. The van der Waals surface area contributed by atoms with Crippen molar-refractivity contribution < 1.29 is 9.53 Å². The maximum atomic E-state index is 10.9. The zero-order valence-corrected chi connectivity index (χ0v) is 9.63. The van der Waals surface area contributed by atoms with Crippen LogP contribution in [0.3, 0.4) is 0 Å². The van der Waals surface area contributed by atoms with E-state index in [0.29, 0.717) is 6.61 Å². The van der Waals surface area contributed by atoms with Gasteiger partial charge in [0, 0.05) is 6.54 Å². The molecule has 0 aromatic carbocycles. The van der Waals surface area contributed by atoms with Crippen LogP contribution in [0.25, 0.3) is 0 Å². The van der Waals surface area contributed by atoms with Gasteiger partial charge in [-0.05, 0) is 45.8 Å². The average molecular weight is 214 g/mol. The molecule has 0 aliphatic carbocycles. The minimum absolute atomic E-state index is 0.295. The van der Waals surface area contributed by atoms with Crippen molar-refractivity contribution in [2.75, 3.05) is 32.8 Å². The Balaban J connectivity index is 1.93. The van der Waals surface area contributed by atoms with E-state index >= 15 is 0 Å². The van der Waals surface area contributed by atoms with Gasteiger partial charge in [-0.25, -0.2) is 4.79 Å². The zero-order chi connectivity index (χ0) is 10.9. The van der Waals surface area contributed by atoms with E-state index in [0.717, 1.165) is 19.5 Å². The number of carbonyl (C=O) groups excluding carboxylic acids is 1. The molecule has 0 unspecified atom stereocenters. The molecule has 1 fully saturated rings. The Kier molecular flexibility index (Phi) is 6.16. The number of nitrogens with zero attached hydrogens (tertiary/aromatic N) is 1. The first-order valence-electron chi connectivity index (χ1n) is 5.96. The van der Waals surface area contributed by atoms with Gasteiger partial charge in [-0.3, -0.25) is 0 Å². The van der Waals surface area contributed by atoms with Crippen LogP contribution in [0.1, 0.15) is 32.6 Å². The lowest BCUT2D eigenvalue weighted by Gasteiger charge is -2.26. The molecule has 0 saturated carbocycles. The highest BCUT2D eigenvalue weighted by molar-refractivity contribution is 5.66. The molecule has 1 saturated heterocycles. The Bertz CT molecular complexity index is 179. The van der Waals surface area contributed by atoms with Gasteiger partial charge < -0.3 is 15.0 Å². The molecule has 0 aromatic heterocycles. The maximum absolute atomic E-state index is 10.9. The second-order valence-corrected chi connectivity index (χ2v) is 3.90. The van der Waals surface area contributed by atoms with Crippen LogP contribution in [0.15, 0.2) is 0 Å². The number of piperidine rings is 1. The van der Waals surface area contributed by atoms with Crippen LogP contribution in [0.4, 0.5) is 4.79 Å². The lowest BCUT2D eigenvalue weighted by atomic mass is 10.1. The van der Waals surface area contributed by atoms with Gasteiger partial charge in [0.15, 0.2) is 0 Å². The number of nitrogens with one attached hydrogen (secondary N) is 1. The second kappa shape index (κ2) is 7.51.